The van der Waals surface area contributed by atoms with Crippen molar-refractivity contribution in [3.05, 3.63) is 83.2 Å². The highest BCUT2D eigenvalue weighted by atomic mass is 16.5. The van der Waals surface area contributed by atoms with Crippen molar-refractivity contribution in [1.82, 2.24) is 14.8 Å². The van der Waals surface area contributed by atoms with Gasteiger partial charge in [-0.15, -0.1) is 5.10 Å². The molecule has 0 saturated carbocycles. The van der Waals surface area contributed by atoms with Crippen LogP contribution in [0.15, 0.2) is 60.7 Å². The van der Waals surface area contributed by atoms with Gasteiger partial charge in [0.25, 0.3) is 5.91 Å². The number of carbonyl (C=O) groups excluding carboxylic acids is 1. The molecule has 0 radical (unpaired) electrons. The summed E-state index contributed by atoms with van der Waals surface area (Å²) in [5, 5.41) is 7.44. The minimum atomic E-state index is -0.445. The molecule has 0 bridgehead atoms. The van der Waals surface area contributed by atoms with E-state index in [2.05, 4.69) is 21.5 Å². The fourth-order valence-corrected chi connectivity index (χ4v) is 3.68. The summed E-state index contributed by atoms with van der Waals surface area (Å²) < 4.78 is 12.4. The molecule has 0 spiro atoms. The Labute approximate surface area is 193 Å². The fourth-order valence-electron chi connectivity index (χ4n) is 3.68. The first-order chi connectivity index (χ1) is 15.9. The SMILES string of the molecule is COc1ccc(OC)c(NC(=O)c2nc(-c3cccc(C)c3)n(-c3ccc(C)cc3C)n2)c1. The Balaban J connectivity index is 1.79. The largest absolute Gasteiger partial charge is 0.497 e. The zero-order chi connectivity index (χ0) is 23.5. The van der Waals surface area contributed by atoms with Crippen LogP contribution in [0.2, 0.25) is 0 Å². The van der Waals surface area contributed by atoms with Gasteiger partial charge in [0.1, 0.15) is 11.5 Å². The highest BCUT2D eigenvalue weighted by Gasteiger charge is 2.21. The number of hydrogen-bond acceptors (Lipinski definition) is 5. The van der Waals surface area contributed by atoms with Crippen LogP contribution in [0.1, 0.15) is 27.3 Å². The zero-order valence-corrected chi connectivity index (χ0v) is 19.3. The number of nitrogens with zero attached hydrogens (tertiary/aromatic N) is 3. The van der Waals surface area contributed by atoms with Crippen LogP contribution in [-0.4, -0.2) is 34.9 Å². The highest BCUT2D eigenvalue weighted by Crippen LogP contribution is 2.30. The first-order valence-electron chi connectivity index (χ1n) is 10.5. The average molecular weight is 443 g/mol. The summed E-state index contributed by atoms with van der Waals surface area (Å²) >= 11 is 0. The van der Waals surface area contributed by atoms with Crippen LogP contribution in [0, 0.1) is 20.8 Å². The molecule has 4 aromatic rings. The Morgan fingerprint density at radius 3 is 2.39 bits per heavy atom. The van der Waals surface area contributed by atoms with Crippen molar-refractivity contribution in [3.63, 3.8) is 0 Å². The zero-order valence-electron chi connectivity index (χ0n) is 19.3. The van der Waals surface area contributed by atoms with Gasteiger partial charge in [-0.2, -0.15) is 0 Å². The number of hydrogen-bond donors (Lipinski definition) is 1. The minimum Gasteiger partial charge on any atom is -0.497 e. The topological polar surface area (TPSA) is 78.3 Å². The average Bonchev–Trinajstić information content (AvgIpc) is 3.24. The number of aryl methyl sites for hydroxylation is 3. The van der Waals surface area contributed by atoms with Gasteiger partial charge in [0.2, 0.25) is 5.82 Å². The van der Waals surface area contributed by atoms with Crippen LogP contribution in [0.3, 0.4) is 0 Å². The number of rotatable bonds is 6. The monoisotopic (exact) mass is 442 g/mol. The second kappa shape index (κ2) is 9.16. The van der Waals surface area contributed by atoms with Gasteiger partial charge in [0, 0.05) is 11.6 Å². The molecule has 1 heterocycles. The first kappa shape index (κ1) is 22.1. The molecule has 0 atom stereocenters. The van der Waals surface area contributed by atoms with E-state index in [1.54, 1.807) is 37.1 Å². The van der Waals surface area contributed by atoms with Gasteiger partial charge >= 0.3 is 0 Å². The molecular formula is C26H26N4O3. The van der Waals surface area contributed by atoms with Crippen molar-refractivity contribution in [2.24, 2.45) is 0 Å². The van der Waals surface area contributed by atoms with Gasteiger partial charge in [-0.3, -0.25) is 4.79 Å². The number of carbonyl (C=O) groups is 1. The normalized spacial score (nSPS) is 10.7. The van der Waals surface area contributed by atoms with Crippen LogP contribution in [0.25, 0.3) is 17.1 Å². The van der Waals surface area contributed by atoms with E-state index in [1.807, 2.05) is 57.2 Å². The summed E-state index contributed by atoms with van der Waals surface area (Å²) in [7, 11) is 3.11. The quantitative estimate of drug-likeness (QED) is 0.448. The smallest absolute Gasteiger partial charge is 0.295 e. The molecule has 0 fully saturated rings. The predicted molar refractivity (Wildman–Crippen MR) is 129 cm³/mol. The standard InChI is InChI=1S/C26H26N4O3/c1-16-7-6-8-19(14-16)25-28-24(29-30(25)22-11-9-17(2)13-18(22)3)26(31)27-21-15-20(32-4)10-12-23(21)33-5/h6-15H,1-5H3,(H,27,31). The van der Waals surface area contributed by atoms with Crippen molar-refractivity contribution >= 4 is 11.6 Å². The number of nitrogens with one attached hydrogen (secondary N) is 1. The van der Waals surface area contributed by atoms with Crippen molar-refractivity contribution in [2.45, 2.75) is 20.8 Å². The molecular weight excluding hydrogens is 416 g/mol. The summed E-state index contributed by atoms with van der Waals surface area (Å²) in [6.45, 7) is 6.08. The maximum atomic E-state index is 13.2. The van der Waals surface area contributed by atoms with E-state index in [0.29, 0.717) is 23.0 Å². The molecule has 7 heteroatoms. The minimum absolute atomic E-state index is 0.0522. The van der Waals surface area contributed by atoms with E-state index in [1.165, 1.54) is 0 Å². The maximum Gasteiger partial charge on any atom is 0.295 e. The maximum absolute atomic E-state index is 13.2. The Bertz CT molecular complexity index is 1330. The number of amides is 1. The number of methoxy groups -OCH3 is 2. The molecule has 4 rings (SSSR count). The lowest BCUT2D eigenvalue weighted by Crippen LogP contribution is -2.15. The summed E-state index contributed by atoms with van der Waals surface area (Å²) in [4.78, 5) is 17.8. The molecule has 0 saturated heterocycles. The van der Waals surface area contributed by atoms with E-state index in [-0.39, 0.29) is 5.82 Å². The third-order valence-corrected chi connectivity index (χ3v) is 5.32. The van der Waals surface area contributed by atoms with Crippen LogP contribution < -0.4 is 14.8 Å². The van der Waals surface area contributed by atoms with E-state index in [9.17, 15) is 4.79 Å². The van der Waals surface area contributed by atoms with Crippen molar-refractivity contribution in [2.75, 3.05) is 19.5 Å². The third kappa shape index (κ3) is 4.57. The highest BCUT2D eigenvalue weighted by molar-refractivity contribution is 6.02. The molecule has 0 unspecified atom stereocenters. The fraction of sp³-hybridized carbons (Fsp3) is 0.192. The van der Waals surface area contributed by atoms with Gasteiger partial charge < -0.3 is 14.8 Å². The number of aromatic nitrogens is 3. The lowest BCUT2D eigenvalue weighted by atomic mass is 10.1. The molecule has 1 N–H and O–H groups in total. The number of ether oxygens (including phenoxy) is 2. The molecule has 168 valence electrons. The summed E-state index contributed by atoms with van der Waals surface area (Å²) in [5.41, 5.74) is 5.49. The Kier molecular flexibility index (Phi) is 6.13. The van der Waals surface area contributed by atoms with Gasteiger partial charge in [-0.25, -0.2) is 9.67 Å². The molecule has 0 aliphatic heterocycles. The molecule has 7 nitrogen and oxygen atoms in total. The Hall–Kier alpha value is -4.13. The van der Waals surface area contributed by atoms with E-state index in [4.69, 9.17) is 9.47 Å². The van der Waals surface area contributed by atoms with E-state index < -0.39 is 5.91 Å². The van der Waals surface area contributed by atoms with Crippen LogP contribution in [-0.2, 0) is 0 Å². The van der Waals surface area contributed by atoms with Gasteiger partial charge in [0.15, 0.2) is 5.82 Å². The Morgan fingerprint density at radius 2 is 1.70 bits per heavy atom. The molecule has 1 amide bonds. The summed E-state index contributed by atoms with van der Waals surface area (Å²) in [6.07, 6.45) is 0. The number of anilines is 1. The predicted octanol–water partition coefficient (Wildman–Crippen LogP) is 5.13. The van der Waals surface area contributed by atoms with Crippen LogP contribution >= 0.6 is 0 Å². The number of benzene rings is 3. The summed E-state index contributed by atoms with van der Waals surface area (Å²) in [6, 6.07) is 19.2. The molecule has 33 heavy (non-hydrogen) atoms. The van der Waals surface area contributed by atoms with Crippen LogP contribution in [0.5, 0.6) is 11.5 Å². The lowest BCUT2D eigenvalue weighted by Gasteiger charge is -2.11. The van der Waals surface area contributed by atoms with Crippen molar-refractivity contribution in [3.8, 4) is 28.6 Å². The second-order valence-corrected chi connectivity index (χ2v) is 7.85. The van der Waals surface area contributed by atoms with Gasteiger partial charge in [-0.1, -0.05) is 41.5 Å². The van der Waals surface area contributed by atoms with E-state index in [0.717, 1.165) is 27.9 Å². The third-order valence-electron chi connectivity index (χ3n) is 5.32. The van der Waals surface area contributed by atoms with Gasteiger partial charge in [0.05, 0.1) is 25.6 Å². The molecule has 0 aliphatic rings. The van der Waals surface area contributed by atoms with Gasteiger partial charge in [-0.05, 0) is 50.6 Å². The van der Waals surface area contributed by atoms with Crippen molar-refractivity contribution < 1.29 is 14.3 Å². The molecule has 3 aromatic carbocycles. The molecule has 1 aromatic heterocycles. The lowest BCUT2D eigenvalue weighted by molar-refractivity contribution is 0.101. The second-order valence-electron chi connectivity index (χ2n) is 7.85. The van der Waals surface area contributed by atoms with Crippen LogP contribution in [0.4, 0.5) is 5.69 Å². The first-order valence-corrected chi connectivity index (χ1v) is 10.5. The van der Waals surface area contributed by atoms with Crippen molar-refractivity contribution in [1.29, 1.82) is 0 Å². The Morgan fingerprint density at radius 1 is 0.909 bits per heavy atom. The molecule has 0 aliphatic carbocycles. The van der Waals surface area contributed by atoms with E-state index >= 15 is 0 Å². The summed E-state index contributed by atoms with van der Waals surface area (Å²) in [5.74, 6) is 1.31.